The molecule has 1 aromatic carbocycles. The fourth-order valence-electron chi connectivity index (χ4n) is 3.15. The Balaban J connectivity index is 1.64. The van der Waals surface area contributed by atoms with Gasteiger partial charge in [-0.1, -0.05) is 0 Å². The van der Waals surface area contributed by atoms with Crippen LogP contribution in [0.1, 0.15) is 25.7 Å². The summed E-state index contributed by atoms with van der Waals surface area (Å²) in [6.07, 6.45) is 2.15. The van der Waals surface area contributed by atoms with Crippen LogP contribution in [-0.2, 0) is 19.6 Å². The fourth-order valence-corrected chi connectivity index (χ4v) is 4.67. The molecule has 7 nitrogen and oxygen atoms in total. The van der Waals surface area contributed by atoms with Crippen molar-refractivity contribution in [3.63, 3.8) is 0 Å². The number of nitrogens with zero attached hydrogens (tertiary/aromatic N) is 1. The zero-order valence-electron chi connectivity index (χ0n) is 14.2. The molecule has 26 heavy (non-hydrogen) atoms. The highest BCUT2D eigenvalue weighted by Gasteiger charge is 2.50. The Morgan fingerprint density at radius 1 is 1.27 bits per heavy atom. The molecule has 2 aliphatic rings. The van der Waals surface area contributed by atoms with Gasteiger partial charge < -0.3 is 10.4 Å². The van der Waals surface area contributed by atoms with Gasteiger partial charge in [-0.15, -0.1) is 0 Å². The van der Waals surface area contributed by atoms with Crippen LogP contribution in [0.15, 0.2) is 29.2 Å². The maximum Gasteiger partial charge on any atom is 0.311 e. The lowest BCUT2D eigenvalue weighted by atomic mass is 9.98. The molecule has 0 spiro atoms. The molecule has 1 aromatic rings. The minimum Gasteiger partial charge on any atom is -0.481 e. The van der Waals surface area contributed by atoms with Gasteiger partial charge in [0.25, 0.3) is 0 Å². The monoisotopic (exact) mass is 384 g/mol. The zero-order valence-corrected chi connectivity index (χ0v) is 15.0. The summed E-state index contributed by atoms with van der Waals surface area (Å²) < 4.78 is 39.6. The number of piperidine rings is 1. The van der Waals surface area contributed by atoms with E-state index in [-0.39, 0.29) is 23.9 Å². The summed E-state index contributed by atoms with van der Waals surface area (Å²) in [5.74, 6) is -2.28. The van der Waals surface area contributed by atoms with Crippen LogP contribution in [0.3, 0.4) is 0 Å². The van der Waals surface area contributed by atoms with Crippen molar-refractivity contribution in [2.75, 3.05) is 19.6 Å². The number of sulfonamides is 1. The second-order valence-electron chi connectivity index (χ2n) is 6.96. The zero-order chi connectivity index (χ0) is 18.9. The minimum atomic E-state index is -3.80. The molecule has 2 N–H and O–H groups in total. The summed E-state index contributed by atoms with van der Waals surface area (Å²) in [6, 6.07) is 4.58. The van der Waals surface area contributed by atoms with Gasteiger partial charge in [-0.2, -0.15) is 4.31 Å². The number of carbonyl (C=O) groups excluding carboxylic acids is 1. The first-order valence-corrected chi connectivity index (χ1v) is 9.95. The highest BCUT2D eigenvalue weighted by atomic mass is 32.2. The molecule has 1 atom stereocenters. The Morgan fingerprint density at radius 3 is 2.50 bits per heavy atom. The number of rotatable bonds is 6. The van der Waals surface area contributed by atoms with Crippen LogP contribution >= 0.6 is 0 Å². The van der Waals surface area contributed by atoms with E-state index in [1.807, 2.05) is 0 Å². The standard InChI is InChI=1S/C17H21FN2O5S/c18-13-3-5-14(6-4-13)26(24,25)20-9-1-2-12(10-20)15(21)19-11-17(7-8-17)16(22)23/h3-6,12H,1-2,7-11H2,(H,19,21)(H,22,23). The molecule has 0 aromatic heterocycles. The van der Waals surface area contributed by atoms with Crippen molar-refractivity contribution >= 4 is 21.9 Å². The third kappa shape index (κ3) is 3.73. The SMILES string of the molecule is O=C(NCC1(C(=O)O)CC1)C1CCCN(S(=O)(=O)c2ccc(F)cc2)C1. The molecule has 1 heterocycles. The van der Waals surface area contributed by atoms with Gasteiger partial charge >= 0.3 is 5.97 Å². The predicted octanol–water partition coefficient (Wildman–Crippen LogP) is 1.21. The quantitative estimate of drug-likeness (QED) is 0.767. The van der Waals surface area contributed by atoms with E-state index >= 15 is 0 Å². The molecule has 1 unspecified atom stereocenters. The van der Waals surface area contributed by atoms with Crippen molar-refractivity contribution in [3.05, 3.63) is 30.1 Å². The number of aliphatic carboxylic acids is 1. The molecule has 1 saturated heterocycles. The number of hydrogen-bond acceptors (Lipinski definition) is 4. The summed E-state index contributed by atoms with van der Waals surface area (Å²) in [7, 11) is -3.80. The first kappa shape index (κ1) is 18.8. The van der Waals surface area contributed by atoms with E-state index in [0.29, 0.717) is 32.2 Å². The number of carboxylic acids is 1. The molecule has 1 saturated carbocycles. The van der Waals surface area contributed by atoms with Crippen molar-refractivity contribution in [1.82, 2.24) is 9.62 Å². The lowest BCUT2D eigenvalue weighted by molar-refractivity contribution is -0.143. The largest absolute Gasteiger partial charge is 0.481 e. The van der Waals surface area contributed by atoms with E-state index in [4.69, 9.17) is 5.11 Å². The molecule has 9 heteroatoms. The van der Waals surface area contributed by atoms with E-state index in [9.17, 15) is 22.4 Å². The summed E-state index contributed by atoms with van der Waals surface area (Å²) in [4.78, 5) is 23.5. The highest BCUT2D eigenvalue weighted by molar-refractivity contribution is 7.89. The molecular formula is C17H21FN2O5S. The van der Waals surface area contributed by atoms with Gasteiger partial charge in [0.05, 0.1) is 16.2 Å². The van der Waals surface area contributed by atoms with Crippen LogP contribution in [0.25, 0.3) is 0 Å². The molecular weight excluding hydrogens is 363 g/mol. The van der Waals surface area contributed by atoms with Crippen molar-refractivity contribution in [1.29, 1.82) is 0 Å². The number of halogens is 1. The lowest BCUT2D eigenvalue weighted by Crippen LogP contribution is -2.46. The second-order valence-corrected chi connectivity index (χ2v) is 8.90. The average molecular weight is 384 g/mol. The van der Waals surface area contributed by atoms with Crippen LogP contribution in [-0.4, -0.2) is 49.3 Å². The van der Waals surface area contributed by atoms with Gasteiger partial charge in [0, 0.05) is 19.6 Å². The Kier molecular flexibility index (Phi) is 5.03. The number of carbonyl (C=O) groups is 2. The average Bonchev–Trinajstić information content (AvgIpc) is 3.41. The van der Waals surface area contributed by atoms with E-state index in [2.05, 4.69) is 5.32 Å². The van der Waals surface area contributed by atoms with E-state index in [1.165, 1.54) is 16.4 Å². The maximum absolute atomic E-state index is 13.0. The third-order valence-corrected chi connectivity index (χ3v) is 6.99. The highest BCUT2D eigenvalue weighted by Crippen LogP contribution is 2.45. The van der Waals surface area contributed by atoms with Crippen molar-refractivity contribution in [3.8, 4) is 0 Å². The summed E-state index contributed by atoms with van der Waals surface area (Å²) in [6.45, 7) is 0.399. The van der Waals surface area contributed by atoms with Crippen LogP contribution in [0.2, 0.25) is 0 Å². The molecule has 2 fully saturated rings. The Labute approximate surface area is 151 Å². The minimum absolute atomic E-state index is 0.0113. The number of nitrogens with one attached hydrogen (secondary N) is 1. The van der Waals surface area contributed by atoms with Crippen LogP contribution in [0.4, 0.5) is 4.39 Å². The van der Waals surface area contributed by atoms with E-state index < -0.39 is 33.1 Å². The maximum atomic E-state index is 13.0. The van der Waals surface area contributed by atoms with Gasteiger partial charge in [-0.05, 0) is 49.9 Å². The topological polar surface area (TPSA) is 104 Å². The molecule has 0 radical (unpaired) electrons. The van der Waals surface area contributed by atoms with Crippen molar-refractivity contribution < 1.29 is 27.5 Å². The summed E-state index contributed by atoms with van der Waals surface area (Å²) in [5.41, 5.74) is -0.857. The molecule has 1 aliphatic heterocycles. The van der Waals surface area contributed by atoms with Gasteiger partial charge in [0.1, 0.15) is 5.82 Å². The molecule has 1 aliphatic carbocycles. The van der Waals surface area contributed by atoms with E-state index in [1.54, 1.807) is 0 Å². The lowest BCUT2D eigenvalue weighted by Gasteiger charge is -2.31. The Morgan fingerprint density at radius 2 is 1.92 bits per heavy atom. The fraction of sp³-hybridized carbons (Fsp3) is 0.529. The van der Waals surface area contributed by atoms with Crippen LogP contribution < -0.4 is 5.32 Å². The number of amides is 1. The van der Waals surface area contributed by atoms with Gasteiger partial charge in [-0.3, -0.25) is 9.59 Å². The third-order valence-electron chi connectivity index (χ3n) is 5.11. The Hall–Kier alpha value is -2.00. The first-order valence-electron chi connectivity index (χ1n) is 8.51. The summed E-state index contributed by atoms with van der Waals surface area (Å²) >= 11 is 0. The molecule has 142 valence electrons. The van der Waals surface area contributed by atoms with Gasteiger partial charge in [-0.25, -0.2) is 12.8 Å². The number of benzene rings is 1. The first-order chi connectivity index (χ1) is 12.2. The Bertz CT molecular complexity index is 805. The predicted molar refractivity (Wildman–Crippen MR) is 90.2 cm³/mol. The number of hydrogen-bond donors (Lipinski definition) is 2. The molecule has 0 bridgehead atoms. The molecule has 3 rings (SSSR count). The van der Waals surface area contributed by atoms with Crippen LogP contribution in [0.5, 0.6) is 0 Å². The smallest absolute Gasteiger partial charge is 0.311 e. The van der Waals surface area contributed by atoms with E-state index in [0.717, 1.165) is 12.1 Å². The summed E-state index contributed by atoms with van der Waals surface area (Å²) in [5, 5.41) is 11.8. The van der Waals surface area contributed by atoms with Gasteiger partial charge in [0.2, 0.25) is 15.9 Å². The molecule has 1 amide bonds. The number of carboxylic acid groups (broad SMARTS) is 1. The van der Waals surface area contributed by atoms with Crippen molar-refractivity contribution in [2.45, 2.75) is 30.6 Å². The van der Waals surface area contributed by atoms with Crippen LogP contribution in [0, 0.1) is 17.2 Å². The van der Waals surface area contributed by atoms with Crippen molar-refractivity contribution in [2.24, 2.45) is 11.3 Å². The second kappa shape index (κ2) is 6.96. The normalized spacial score (nSPS) is 22.6. The van der Waals surface area contributed by atoms with Gasteiger partial charge in [0.15, 0.2) is 0 Å².